The maximum absolute atomic E-state index is 12.4. The molecule has 3 aromatic rings. The van der Waals surface area contributed by atoms with Crippen LogP contribution in [0.4, 0.5) is 0 Å². The molecule has 112 valence electrons. The normalized spacial score (nSPS) is 12.0. The average molecular weight is 295 g/mol. The minimum atomic E-state index is -0.153. The van der Waals surface area contributed by atoms with Crippen molar-refractivity contribution in [2.75, 3.05) is 0 Å². The van der Waals surface area contributed by atoms with E-state index in [1.54, 1.807) is 36.5 Å². The predicted molar refractivity (Wildman–Crippen MR) is 82.1 cm³/mol. The second-order valence-electron chi connectivity index (χ2n) is 5.08. The van der Waals surface area contributed by atoms with E-state index in [2.05, 4.69) is 20.4 Å². The topological polar surface area (TPSA) is 75.6 Å². The molecule has 0 aliphatic carbocycles. The molecule has 2 N–H and O–H groups in total. The number of aryl methyl sites for hydroxylation is 1. The molecule has 2 aromatic heterocycles. The van der Waals surface area contributed by atoms with Gasteiger partial charge in [-0.2, -0.15) is 5.10 Å². The minimum absolute atomic E-state index is 0.145. The van der Waals surface area contributed by atoms with Gasteiger partial charge in [0.25, 0.3) is 5.91 Å². The third-order valence-electron chi connectivity index (χ3n) is 3.43. The number of benzene rings is 1. The van der Waals surface area contributed by atoms with Crippen LogP contribution in [0.2, 0.25) is 0 Å². The first kappa shape index (κ1) is 14.1. The largest absolute Gasteiger partial charge is 0.349 e. The van der Waals surface area contributed by atoms with Crippen molar-refractivity contribution in [1.82, 2.24) is 25.1 Å². The fourth-order valence-electron chi connectivity index (χ4n) is 2.32. The van der Waals surface area contributed by atoms with Gasteiger partial charge < -0.3 is 10.3 Å². The Bertz CT molecular complexity index is 733. The van der Waals surface area contributed by atoms with E-state index in [4.69, 9.17) is 0 Å². The molecule has 3 rings (SSSR count). The fourth-order valence-corrected chi connectivity index (χ4v) is 2.32. The number of hydrogen-bond acceptors (Lipinski definition) is 3. The summed E-state index contributed by atoms with van der Waals surface area (Å²) in [7, 11) is 1.79. The third kappa shape index (κ3) is 3.22. The summed E-state index contributed by atoms with van der Waals surface area (Å²) in [5.41, 5.74) is 1.58. The molecule has 1 unspecified atom stereocenters. The van der Waals surface area contributed by atoms with E-state index < -0.39 is 0 Å². The lowest BCUT2D eigenvalue weighted by molar-refractivity contribution is 0.0936. The van der Waals surface area contributed by atoms with Crippen molar-refractivity contribution < 1.29 is 4.79 Å². The molecular weight excluding hydrogens is 278 g/mol. The molecule has 0 saturated heterocycles. The molecule has 0 bridgehead atoms. The number of nitrogens with zero attached hydrogens (tertiary/aromatic N) is 3. The molecule has 0 aliphatic rings. The summed E-state index contributed by atoms with van der Waals surface area (Å²) in [6.07, 6.45) is 7.35. The van der Waals surface area contributed by atoms with Crippen LogP contribution < -0.4 is 5.32 Å². The van der Waals surface area contributed by atoms with Crippen molar-refractivity contribution >= 4 is 5.91 Å². The zero-order valence-electron chi connectivity index (χ0n) is 12.2. The molecule has 0 spiro atoms. The summed E-state index contributed by atoms with van der Waals surface area (Å²) in [5.74, 6) is 0.689. The van der Waals surface area contributed by atoms with E-state index in [0.717, 1.165) is 11.4 Å². The number of aromatic nitrogens is 4. The molecule has 22 heavy (non-hydrogen) atoms. The number of amides is 1. The van der Waals surface area contributed by atoms with Crippen LogP contribution in [-0.4, -0.2) is 25.7 Å². The summed E-state index contributed by atoms with van der Waals surface area (Å²) >= 11 is 0. The van der Waals surface area contributed by atoms with Crippen LogP contribution in [0.3, 0.4) is 0 Å². The van der Waals surface area contributed by atoms with Crippen molar-refractivity contribution in [3.63, 3.8) is 0 Å². The van der Waals surface area contributed by atoms with Crippen LogP contribution in [0.5, 0.6) is 0 Å². The van der Waals surface area contributed by atoms with Gasteiger partial charge in [0.2, 0.25) is 0 Å². The molecule has 0 saturated carbocycles. The molecule has 2 heterocycles. The summed E-state index contributed by atoms with van der Waals surface area (Å²) in [4.78, 5) is 19.7. The van der Waals surface area contributed by atoms with E-state index in [0.29, 0.717) is 12.0 Å². The second kappa shape index (κ2) is 6.26. The number of hydrogen-bond donors (Lipinski definition) is 2. The van der Waals surface area contributed by atoms with Crippen molar-refractivity contribution in [1.29, 1.82) is 0 Å². The number of rotatable bonds is 5. The summed E-state index contributed by atoms with van der Waals surface area (Å²) in [5, 5.41) is 7.08. The van der Waals surface area contributed by atoms with Gasteiger partial charge in [-0.15, -0.1) is 0 Å². The zero-order valence-corrected chi connectivity index (χ0v) is 12.2. The predicted octanol–water partition coefficient (Wildman–Crippen LogP) is 1.86. The minimum Gasteiger partial charge on any atom is -0.349 e. The van der Waals surface area contributed by atoms with Crippen LogP contribution in [0, 0.1) is 0 Å². The summed E-state index contributed by atoms with van der Waals surface area (Å²) in [6, 6.07) is 9.71. The molecule has 1 amide bonds. The smallest absolute Gasteiger partial charge is 0.254 e. The van der Waals surface area contributed by atoms with Crippen LogP contribution >= 0.6 is 0 Å². The van der Waals surface area contributed by atoms with Gasteiger partial charge in [0.15, 0.2) is 0 Å². The van der Waals surface area contributed by atoms with Gasteiger partial charge in [-0.3, -0.25) is 9.48 Å². The van der Waals surface area contributed by atoms with Crippen LogP contribution in [0.15, 0.2) is 55.1 Å². The van der Waals surface area contributed by atoms with Gasteiger partial charge in [-0.25, -0.2) is 4.98 Å². The number of H-pyrrole nitrogens is 1. The highest BCUT2D eigenvalue weighted by Gasteiger charge is 2.18. The SMILES string of the molecule is Cn1cc(C(=O)NC(Cc2ncc[nH]2)c2ccccc2)cn1. The lowest BCUT2D eigenvalue weighted by Gasteiger charge is -2.18. The molecule has 6 nitrogen and oxygen atoms in total. The molecule has 0 fully saturated rings. The Morgan fingerprint density at radius 2 is 2.18 bits per heavy atom. The first-order valence-electron chi connectivity index (χ1n) is 7.05. The monoisotopic (exact) mass is 295 g/mol. The van der Waals surface area contributed by atoms with E-state index in [1.807, 2.05) is 30.3 Å². The molecule has 0 radical (unpaired) electrons. The molecule has 6 heteroatoms. The van der Waals surface area contributed by atoms with Crippen molar-refractivity contribution in [2.45, 2.75) is 12.5 Å². The number of carbonyl (C=O) groups excluding carboxylic acids is 1. The standard InChI is InChI=1S/C16H17N5O/c1-21-11-13(10-19-21)16(22)20-14(9-15-17-7-8-18-15)12-5-3-2-4-6-12/h2-8,10-11,14H,9H2,1H3,(H,17,18)(H,20,22). The van der Waals surface area contributed by atoms with E-state index >= 15 is 0 Å². The fraction of sp³-hybridized carbons (Fsp3) is 0.188. The highest BCUT2D eigenvalue weighted by atomic mass is 16.1. The first-order valence-corrected chi connectivity index (χ1v) is 7.05. The first-order chi connectivity index (χ1) is 10.7. The van der Waals surface area contributed by atoms with E-state index in [-0.39, 0.29) is 11.9 Å². The number of aromatic amines is 1. The highest BCUT2D eigenvalue weighted by Crippen LogP contribution is 2.17. The molecular formula is C16H17N5O. The van der Waals surface area contributed by atoms with Gasteiger partial charge in [0.05, 0.1) is 17.8 Å². The Kier molecular flexibility index (Phi) is 4.00. The van der Waals surface area contributed by atoms with Gasteiger partial charge >= 0.3 is 0 Å². The van der Waals surface area contributed by atoms with Crippen LogP contribution in [0.25, 0.3) is 0 Å². The molecule has 1 atom stereocenters. The van der Waals surface area contributed by atoms with Gasteiger partial charge in [0.1, 0.15) is 5.82 Å². The number of imidazole rings is 1. The summed E-state index contributed by atoms with van der Waals surface area (Å²) in [6.45, 7) is 0. The van der Waals surface area contributed by atoms with Crippen molar-refractivity contribution in [3.05, 3.63) is 72.1 Å². The van der Waals surface area contributed by atoms with Crippen LogP contribution in [0.1, 0.15) is 27.8 Å². The maximum Gasteiger partial charge on any atom is 0.254 e. The Labute approximate surface area is 128 Å². The van der Waals surface area contributed by atoms with Crippen molar-refractivity contribution in [3.8, 4) is 0 Å². The number of carbonyl (C=O) groups is 1. The lowest BCUT2D eigenvalue weighted by atomic mass is 10.0. The Balaban J connectivity index is 1.80. The third-order valence-corrected chi connectivity index (χ3v) is 3.43. The average Bonchev–Trinajstić information content (AvgIpc) is 3.19. The lowest BCUT2D eigenvalue weighted by Crippen LogP contribution is -2.30. The van der Waals surface area contributed by atoms with Gasteiger partial charge in [0, 0.05) is 32.1 Å². The molecule has 0 aliphatic heterocycles. The summed E-state index contributed by atoms with van der Waals surface area (Å²) < 4.78 is 1.61. The zero-order chi connectivity index (χ0) is 15.4. The Morgan fingerprint density at radius 1 is 1.36 bits per heavy atom. The van der Waals surface area contributed by atoms with Gasteiger partial charge in [-0.1, -0.05) is 30.3 Å². The Morgan fingerprint density at radius 3 is 2.82 bits per heavy atom. The maximum atomic E-state index is 12.4. The van der Waals surface area contributed by atoms with E-state index in [9.17, 15) is 4.79 Å². The molecule has 1 aromatic carbocycles. The van der Waals surface area contributed by atoms with Crippen molar-refractivity contribution in [2.24, 2.45) is 7.05 Å². The Hall–Kier alpha value is -2.89. The quantitative estimate of drug-likeness (QED) is 0.754. The van der Waals surface area contributed by atoms with E-state index in [1.165, 1.54) is 0 Å². The highest BCUT2D eigenvalue weighted by molar-refractivity contribution is 5.93. The number of nitrogens with one attached hydrogen (secondary N) is 2. The van der Waals surface area contributed by atoms with Crippen LogP contribution in [-0.2, 0) is 13.5 Å². The second-order valence-corrected chi connectivity index (χ2v) is 5.08. The van der Waals surface area contributed by atoms with Gasteiger partial charge in [-0.05, 0) is 5.56 Å².